The molecule has 37 heavy (non-hydrogen) atoms. The largest absolute Gasteiger partial charge is 0.349 e. The SMILES string of the molecule is O=c1c2[nH]c3ccccc3c2nc(SC(c2ccccc2)c2ccccc2)n1-c1ccc([N+](=O)[O-])cc1. The molecule has 4 aromatic carbocycles. The number of nitro benzene ring substituents is 1. The first-order chi connectivity index (χ1) is 18.1. The molecule has 0 saturated heterocycles. The molecule has 0 atom stereocenters. The van der Waals surface area contributed by atoms with E-state index < -0.39 is 4.92 Å². The molecule has 0 radical (unpaired) electrons. The predicted octanol–water partition coefficient (Wildman–Crippen LogP) is 6.66. The quantitative estimate of drug-likeness (QED) is 0.119. The number of hydrogen-bond acceptors (Lipinski definition) is 5. The first-order valence-electron chi connectivity index (χ1n) is 11.6. The van der Waals surface area contributed by atoms with Crippen LogP contribution in [-0.4, -0.2) is 19.5 Å². The second kappa shape index (κ2) is 9.40. The highest BCUT2D eigenvalue weighted by molar-refractivity contribution is 7.99. The van der Waals surface area contributed by atoms with E-state index in [1.807, 2.05) is 60.7 Å². The molecule has 0 saturated carbocycles. The van der Waals surface area contributed by atoms with Crippen LogP contribution in [0.1, 0.15) is 16.4 Å². The average Bonchev–Trinajstić information content (AvgIpc) is 3.32. The van der Waals surface area contributed by atoms with Crippen molar-refractivity contribution in [2.24, 2.45) is 0 Å². The van der Waals surface area contributed by atoms with Crippen molar-refractivity contribution in [3.63, 3.8) is 0 Å². The third kappa shape index (κ3) is 4.17. The number of H-pyrrole nitrogens is 1. The zero-order valence-electron chi connectivity index (χ0n) is 19.4. The van der Waals surface area contributed by atoms with Crippen LogP contribution in [0.25, 0.3) is 27.6 Å². The summed E-state index contributed by atoms with van der Waals surface area (Å²) in [5, 5.41) is 12.5. The summed E-state index contributed by atoms with van der Waals surface area (Å²) < 4.78 is 1.53. The molecule has 6 rings (SSSR count). The highest BCUT2D eigenvalue weighted by atomic mass is 32.2. The van der Waals surface area contributed by atoms with E-state index in [9.17, 15) is 14.9 Å². The van der Waals surface area contributed by atoms with Crippen LogP contribution in [0, 0.1) is 10.1 Å². The maximum atomic E-state index is 13.9. The van der Waals surface area contributed by atoms with Crippen molar-refractivity contribution in [1.29, 1.82) is 0 Å². The Kier molecular flexibility index (Phi) is 5.78. The van der Waals surface area contributed by atoms with Crippen LogP contribution in [0.2, 0.25) is 0 Å². The number of aromatic nitrogens is 3. The summed E-state index contributed by atoms with van der Waals surface area (Å²) in [5.74, 6) is 0. The first kappa shape index (κ1) is 22.8. The number of nitro groups is 1. The Morgan fingerprint density at radius 3 is 2.03 bits per heavy atom. The van der Waals surface area contributed by atoms with E-state index in [-0.39, 0.29) is 16.5 Å². The molecule has 7 nitrogen and oxygen atoms in total. The Hall–Kier alpha value is -4.69. The fourth-order valence-corrected chi connectivity index (χ4v) is 5.70. The second-order valence-electron chi connectivity index (χ2n) is 8.52. The van der Waals surface area contributed by atoms with Crippen LogP contribution in [0.15, 0.2) is 119 Å². The van der Waals surface area contributed by atoms with Crippen LogP contribution < -0.4 is 5.56 Å². The highest BCUT2D eigenvalue weighted by Gasteiger charge is 2.23. The molecule has 6 aromatic rings. The van der Waals surface area contributed by atoms with Crippen LogP contribution in [0.4, 0.5) is 5.69 Å². The van der Waals surface area contributed by atoms with Gasteiger partial charge in [0.05, 0.1) is 15.9 Å². The van der Waals surface area contributed by atoms with Gasteiger partial charge < -0.3 is 4.98 Å². The van der Waals surface area contributed by atoms with Gasteiger partial charge in [-0.15, -0.1) is 0 Å². The fraction of sp³-hybridized carbons (Fsp3) is 0.0345. The van der Waals surface area contributed by atoms with Gasteiger partial charge >= 0.3 is 0 Å². The van der Waals surface area contributed by atoms with Crippen molar-refractivity contribution < 1.29 is 4.92 Å². The van der Waals surface area contributed by atoms with E-state index in [4.69, 9.17) is 4.98 Å². The van der Waals surface area contributed by atoms with Gasteiger partial charge in [0, 0.05) is 23.0 Å². The van der Waals surface area contributed by atoms with E-state index in [1.165, 1.54) is 28.5 Å². The standard InChI is InChI=1S/C29H20N4O3S/c34-28-26-25(23-13-7-8-14-24(23)30-26)31-29(32(28)21-15-17-22(18-16-21)33(35)36)37-27(19-9-3-1-4-10-19)20-11-5-2-6-12-20/h1-18,27,30H. The predicted molar refractivity (Wildman–Crippen MR) is 146 cm³/mol. The summed E-state index contributed by atoms with van der Waals surface area (Å²) in [6.45, 7) is 0. The molecule has 0 spiro atoms. The van der Waals surface area contributed by atoms with Gasteiger partial charge in [-0.3, -0.25) is 19.5 Å². The molecule has 0 bridgehead atoms. The van der Waals surface area contributed by atoms with E-state index >= 15 is 0 Å². The van der Waals surface area contributed by atoms with Gasteiger partial charge in [0.25, 0.3) is 11.2 Å². The van der Waals surface area contributed by atoms with Gasteiger partial charge in [-0.2, -0.15) is 0 Å². The fourth-order valence-electron chi connectivity index (χ4n) is 4.46. The van der Waals surface area contributed by atoms with Gasteiger partial charge in [0.15, 0.2) is 5.16 Å². The van der Waals surface area contributed by atoms with Gasteiger partial charge in [-0.05, 0) is 29.3 Å². The normalized spacial score (nSPS) is 11.4. The van der Waals surface area contributed by atoms with E-state index in [2.05, 4.69) is 29.2 Å². The van der Waals surface area contributed by atoms with E-state index in [1.54, 1.807) is 12.1 Å². The van der Waals surface area contributed by atoms with Crippen molar-refractivity contribution in [2.75, 3.05) is 0 Å². The van der Waals surface area contributed by atoms with Crippen molar-refractivity contribution >= 4 is 39.4 Å². The molecule has 180 valence electrons. The second-order valence-corrected chi connectivity index (χ2v) is 9.59. The van der Waals surface area contributed by atoms with Gasteiger partial charge in [0.2, 0.25) is 0 Å². The summed E-state index contributed by atoms with van der Waals surface area (Å²) in [7, 11) is 0. The minimum absolute atomic E-state index is 0.0444. The minimum Gasteiger partial charge on any atom is -0.349 e. The molecular formula is C29H20N4O3S. The third-order valence-electron chi connectivity index (χ3n) is 6.24. The number of nitrogens with one attached hydrogen (secondary N) is 1. The molecule has 2 aromatic heterocycles. The number of rotatable bonds is 6. The first-order valence-corrected chi connectivity index (χ1v) is 12.5. The molecule has 0 aliphatic rings. The number of benzene rings is 4. The van der Waals surface area contributed by atoms with Crippen LogP contribution in [-0.2, 0) is 0 Å². The number of para-hydroxylation sites is 1. The molecule has 0 aliphatic carbocycles. The molecule has 2 heterocycles. The number of hydrogen-bond donors (Lipinski definition) is 1. The van der Waals surface area contributed by atoms with Crippen molar-refractivity contribution in [3.05, 3.63) is 141 Å². The maximum Gasteiger partial charge on any atom is 0.283 e. The summed E-state index contributed by atoms with van der Waals surface area (Å²) in [6.07, 6.45) is 0. The van der Waals surface area contributed by atoms with Gasteiger partial charge in [0.1, 0.15) is 11.0 Å². The lowest BCUT2D eigenvalue weighted by molar-refractivity contribution is -0.384. The zero-order chi connectivity index (χ0) is 25.4. The van der Waals surface area contributed by atoms with Crippen molar-refractivity contribution in [1.82, 2.24) is 14.5 Å². The lowest BCUT2D eigenvalue weighted by atomic mass is 10.0. The molecular weight excluding hydrogens is 484 g/mol. The van der Waals surface area contributed by atoms with Crippen LogP contribution >= 0.6 is 11.8 Å². The molecule has 0 amide bonds. The Bertz CT molecular complexity index is 1760. The zero-order valence-corrected chi connectivity index (χ0v) is 20.3. The lowest BCUT2D eigenvalue weighted by Gasteiger charge is -2.20. The number of fused-ring (bicyclic) bond motifs is 3. The lowest BCUT2D eigenvalue weighted by Crippen LogP contribution is -2.22. The molecule has 0 aliphatic heterocycles. The molecule has 1 N–H and O–H groups in total. The Balaban J connectivity index is 1.60. The summed E-state index contributed by atoms with van der Waals surface area (Å²) in [6, 6.07) is 33.8. The van der Waals surface area contributed by atoms with Crippen molar-refractivity contribution in [3.8, 4) is 5.69 Å². The van der Waals surface area contributed by atoms with E-state index in [0.717, 1.165) is 22.0 Å². The Morgan fingerprint density at radius 1 is 0.811 bits per heavy atom. The molecule has 0 unspecified atom stereocenters. The number of aromatic amines is 1. The van der Waals surface area contributed by atoms with E-state index in [0.29, 0.717) is 21.9 Å². The Labute approximate surface area is 215 Å². The number of non-ortho nitro benzene ring substituents is 1. The van der Waals surface area contributed by atoms with Gasteiger partial charge in [-0.25, -0.2) is 4.98 Å². The number of thioether (sulfide) groups is 1. The Morgan fingerprint density at radius 2 is 1.41 bits per heavy atom. The maximum absolute atomic E-state index is 13.9. The molecule has 8 heteroatoms. The highest BCUT2D eigenvalue weighted by Crippen LogP contribution is 2.40. The van der Waals surface area contributed by atoms with Gasteiger partial charge in [-0.1, -0.05) is 90.6 Å². The average molecular weight is 505 g/mol. The molecule has 0 fully saturated rings. The third-order valence-corrected chi connectivity index (χ3v) is 7.51. The van der Waals surface area contributed by atoms with Crippen molar-refractivity contribution in [2.45, 2.75) is 10.4 Å². The summed E-state index contributed by atoms with van der Waals surface area (Å²) in [5.41, 5.74) is 4.15. The summed E-state index contributed by atoms with van der Waals surface area (Å²) in [4.78, 5) is 32.9. The number of nitrogens with zero attached hydrogens (tertiary/aromatic N) is 3. The monoisotopic (exact) mass is 504 g/mol. The van der Waals surface area contributed by atoms with Crippen LogP contribution in [0.3, 0.4) is 0 Å². The smallest absolute Gasteiger partial charge is 0.283 e. The topological polar surface area (TPSA) is 93.8 Å². The van der Waals surface area contributed by atoms with Crippen LogP contribution in [0.5, 0.6) is 0 Å². The minimum atomic E-state index is -0.456. The summed E-state index contributed by atoms with van der Waals surface area (Å²) >= 11 is 1.47.